The fourth-order valence-electron chi connectivity index (χ4n) is 2.91. The zero-order valence-electron chi connectivity index (χ0n) is 14.4. The van der Waals surface area contributed by atoms with Crippen molar-refractivity contribution >= 4 is 0 Å². The van der Waals surface area contributed by atoms with Gasteiger partial charge in [0.2, 0.25) is 0 Å². The van der Waals surface area contributed by atoms with Gasteiger partial charge in [0, 0.05) is 5.92 Å². The summed E-state index contributed by atoms with van der Waals surface area (Å²) in [5.74, 6) is 0.394. The summed E-state index contributed by atoms with van der Waals surface area (Å²) in [5, 5.41) is 9.88. The Balaban J connectivity index is 2.81. The highest BCUT2D eigenvalue weighted by atomic mass is 16.3. The van der Waals surface area contributed by atoms with Crippen molar-refractivity contribution in [2.45, 2.75) is 54.1 Å². The minimum atomic E-state index is -0.298. The topological polar surface area (TPSA) is 20.2 Å². The Labute approximate surface area is 130 Å². The lowest BCUT2D eigenvalue weighted by Gasteiger charge is -2.38. The number of hydrogen-bond acceptors (Lipinski definition) is 1. The summed E-state index contributed by atoms with van der Waals surface area (Å²) < 4.78 is 0. The van der Waals surface area contributed by atoms with Crippen LogP contribution < -0.4 is 0 Å². The Hall–Kier alpha value is -1.34. The third-order valence-electron chi connectivity index (χ3n) is 4.25. The zero-order chi connectivity index (χ0) is 16.0. The van der Waals surface area contributed by atoms with Gasteiger partial charge in [0.1, 0.15) is 0 Å². The second kappa shape index (κ2) is 7.61. The van der Waals surface area contributed by atoms with Crippen LogP contribution in [0.3, 0.4) is 0 Å². The largest absolute Gasteiger partial charge is 0.389 e. The van der Waals surface area contributed by atoms with Crippen molar-refractivity contribution in [2.75, 3.05) is 0 Å². The molecule has 1 N–H and O–H groups in total. The van der Waals surface area contributed by atoms with E-state index >= 15 is 0 Å². The van der Waals surface area contributed by atoms with Crippen molar-refractivity contribution in [3.05, 3.63) is 59.3 Å². The molecule has 21 heavy (non-hydrogen) atoms. The zero-order valence-corrected chi connectivity index (χ0v) is 14.4. The van der Waals surface area contributed by atoms with Gasteiger partial charge >= 0.3 is 0 Å². The van der Waals surface area contributed by atoms with E-state index in [0.717, 1.165) is 6.42 Å². The normalized spacial score (nSPS) is 27.5. The molecule has 0 aromatic heterocycles. The predicted octanol–water partition coefficient (Wildman–Crippen LogP) is 5.36. The molecule has 116 valence electrons. The second-order valence-electron chi connectivity index (χ2n) is 6.81. The average Bonchev–Trinajstić information content (AvgIpc) is 2.36. The summed E-state index contributed by atoms with van der Waals surface area (Å²) in [4.78, 5) is 0. The van der Waals surface area contributed by atoms with Gasteiger partial charge in [-0.2, -0.15) is 0 Å². The molecular formula is C20H30O. The van der Waals surface area contributed by atoms with Crippen LogP contribution in [-0.2, 0) is 0 Å². The molecule has 0 aromatic carbocycles. The lowest BCUT2D eigenvalue weighted by molar-refractivity contribution is 0.117. The minimum absolute atomic E-state index is 0.104. The van der Waals surface area contributed by atoms with E-state index < -0.39 is 0 Å². The van der Waals surface area contributed by atoms with Crippen LogP contribution in [0.4, 0.5) is 0 Å². The first-order valence-corrected chi connectivity index (χ1v) is 7.78. The molecular weight excluding hydrogens is 256 g/mol. The van der Waals surface area contributed by atoms with E-state index in [1.54, 1.807) is 0 Å². The van der Waals surface area contributed by atoms with Crippen LogP contribution >= 0.6 is 0 Å². The second-order valence-corrected chi connectivity index (χ2v) is 6.81. The van der Waals surface area contributed by atoms with Crippen LogP contribution in [0, 0.1) is 11.3 Å². The molecule has 0 spiro atoms. The Morgan fingerprint density at radius 3 is 2.48 bits per heavy atom. The summed E-state index contributed by atoms with van der Waals surface area (Å²) in [7, 11) is 0. The first-order valence-electron chi connectivity index (χ1n) is 7.78. The van der Waals surface area contributed by atoms with Crippen LogP contribution in [0.25, 0.3) is 0 Å². The van der Waals surface area contributed by atoms with Gasteiger partial charge in [0.15, 0.2) is 0 Å². The van der Waals surface area contributed by atoms with Crippen molar-refractivity contribution in [1.29, 1.82) is 0 Å². The van der Waals surface area contributed by atoms with E-state index in [1.165, 1.54) is 16.7 Å². The monoisotopic (exact) mass is 286 g/mol. The van der Waals surface area contributed by atoms with E-state index in [1.807, 2.05) is 13.0 Å². The molecule has 0 fully saturated rings. The summed E-state index contributed by atoms with van der Waals surface area (Å²) in [6.45, 7) is 12.8. The Kier molecular flexibility index (Phi) is 6.42. The lowest BCUT2D eigenvalue weighted by Crippen LogP contribution is -2.32. The van der Waals surface area contributed by atoms with Crippen molar-refractivity contribution in [2.24, 2.45) is 11.3 Å². The average molecular weight is 286 g/mol. The minimum Gasteiger partial charge on any atom is -0.389 e. The van der Waals surface area contributed by atoms with Gasteiger partial charge in [0.25, 0.3) is 0 Å². The molecule has 1 rings (SSSR count). The van der Waals surface area contributed by atoms with E-state index in [0.29, 0.717) is 5.92 Å². The molecule has 0 amide bonds. The fraction of sp³-hybridized carbons (Fsp3) is 0.500. The van der Waals surface area contributed by atoms with Gasteiger partial charge in [-0.1, -0.05) is 73.1 Å². The smallest absolute Gasteiger partial charge is 0.0729 e. The summed E-state index contributed by atoms with van der Waals surface area (Å²) >= 11 is 0. The maximum absolute atomic E-state index is 9.88. The van der Waals surface area contributed by atoms with Gasteiger partial charge in [-0.15, -0.1) is 0 Å². The van der Waals surface area contributed by atoms with Crippen molar-refractivity contribution in [3.8, 4) is 0 Å². The first-order chi connectivity index (χ1) is 9.76. The molecule has 0 saturated carbocycles. The van der Waals surface area contributed by atoms with Crippen LogP contribution in [0.15, 0.2) is 59.3 Å². The molecule has 0 saturated heterocycles. The Morgan fingerprint density at radius 1 is 1.24 bits per heavy atom. The fourth-order valence-corrected chi connectivity index (χ4v) is 2.91. The molecule has 1 nitrogen and oxygen atoms in total. The summed E-state index contributed by atoms with van der Waals surface area (Å²) in [5.41, 5.74) is 3.88. The van der Waals surface area contributed by atoms with Gasteiger partial charge in [-0.25, -0.2) is 0 Å². The van der Waals surface area contributed by atoms with Crippen molar-refractivity contribution < 1.29 is 5.11 Å². The van der Waals surface area contributed by atoms with Crippen LogP contribution in [-0.4, -0.2) is 11.2 Å². The highest BCUT2D eigenvalue weighted by Gasteiger charge is 2.34. The quantitative estimate of drug-likeness (QED) is 0.544. The van der Waals surface area contributed by atoms with Crippen LogP contribution in [0.1, 0.15) is 48.0 Å². The molecule has 0 aromatic rings. The van der Waals surface area contributed by atoms with E-state index in [2.05, 4.69) is 71.1 Å². The molecule has 1 aliphatic rings. The van der Waals surface area contributed by atoms with Gasteiger partial charge in [-0.05, 0) is 39.5 Å². The third kappa shape index (κ3) is 5.51. The highest BCUT2D eigenvalue weighted by molar-refractivity contribution is 5.29. The molecule has 2 atom stereocenters. The molecule has 1 heteroatoms. The third-order valence-corrected chi connectivity index (χ3v) is 4.25. The van der Waals surface area contributed by atoms with Crippen molar-refractivity contribution in [3.63, 3.8) is 0 Å². The summed E-state index contributed by atoms with van der Waals surface area (Å²) in [6.07, 6.45) is 15.4. The molecule has 0 heterocycles. The SMILES string of the molecule is CC=C(C)C=CC=C(C)C=C[C@H]1C(C)=C[C@@H](O)CC1(C)C. The Bertz CT molecular complexity index is 498. The molecule has 0 unspecified atom stereocenters. The van der Waals surface area contributed by atoms with E-state index in [4.69, 9.17) is 0 Å². The van der Waals surface area contributed by atoms with E-state index in [9.17, 15) is 5.11 Å². The molecule has 0 aliphatic heterocycles. The maximum Gasteiger partial charge on any atom is 0.0729 e. The van der Waals surface area contributed by atoms with E-state index in [-0.39, 0.29) is 11.5 Å². The molecule has 1 aliphatic carbocycles. The van der Waals surface area contributed by atoms with Crippen LogP contribution in [0.2, 0.25) is 0 Å². The van der Waals surface area contributed by atoms with Gasteiger partial charge in [-0.3, -0.25) is 0 Å². The molecule has 0 radical (unpaired) electrons. The van der Waals surface area contributed by atoms with Gasteiger partial charge in [0.05, 0.1) is 6.10 Å². The predicted molar refractivity (Wildman–Crippen MR) is 93.1 cm³/mol. The molecule has 0 bridgehead atoms. The standard InChI is InChI=1S/C20H30O/c1-7-15(2)9-8-10-16(3)11-12-19-17(4)13-18(21)14-20(19,5)6/h7-13,18-19,21H,14H2,1-6H3/t18-,19+/m1/s1. The highest BCUT2D eigenvalue weighted by Crippen LogP contribution is 2.41. The Morgan fingerprint density at radius 2 is 1.90 bits per heavy atom. The number of rotatable bonds is 4. The number of allylic oxidation sites excluding steroid dienone is 9. The van der Waals surface area contributed by atoms with Crippen molar-refractivity contribution in [1.82, 2.24) is 0 Å². The number of hydrogen-bond donors (Lipinski definition) is 1. The number of aliphatic hydroxyl groups excluding tert-OH is 1. The summed E-state index contributed by atoms with van der Waals surface area (Å²) in [6, 6.07) is 0. The first kappa shape index (κ1) is 17.7. The van der Waals surface area contributed by atoms with Gasteiger partial charge < -0.3 is 5.11 Å². The van der Waals surface area contributed by atoms with Crippen LogP contribution in [0.5, 0.6) is 0 Å². The maximum atomic E-state index is 9.88. The lowest BCUT2D eigenvalue weighted by atomic mass is 9.67. The number of aliphatic hydroxyl groups is 1.